The summed E-state index contributed by atoms with van der Waals surface area (Å²) in [5.41, 5.74) is 2.23. The Bertz CT molecular complexity index is 937. The lowest BCUT2D eigenvalue weighted by Crippen LogP contribution is -2.31. The second-order valence-electron chi connectivity index (χ2n) is 7.01. The van der Waals surface area contributed by atoms with Crippen molar-refractivity contribution >= 4 is 21.8 Å². The van der Waals surface area contributed by atoms with E-state index in [-0.39, 0.29) is 11.9 Å². The highest BCUT2D eigenvalue weighted by atomic mass is 79.9. The number of nitrogens with one attached hydrogen (secondary N) is 1. The fraction of sp³-hybridized carbons (Fsp3) is 0.304. The summed E-state index contributed by atoms with van der Waals surface area (Å²) >= 11 is 3.45. The minimum atomic E-state index is -0.316. The Balaban J connectivity index is 1.60. The molecule has 0 fully saturated rings. The second kappa shape index (κ2) is 10.3. The zero-order valence-corrected chi connectivity index (χ0v) is 18.4. The number of rotatable bonds is 9. The van der Waals surface area contributed by atoms with E-state index in [9.17, 15) is 4.79 Å². The number of benzene rings is 2. The predicted molar refractivity (Wildman–Crippen MR) is 118 cm³/mol. The van der Waals surface area contributed by atoms with Gasteiger partial charge in [0.1, 0.15) is 17.6 Å². The van der Waals surface area contributed by atoms with Gasteiger partial charge in [-0.2, -0.15) is 0 Å². The summed E-state index contributed by atoms with van der Waals surface area (Å²) in [6, 6.07) is 15.7. The molecule has 5 nitrogen and oxygen atoms in total. The highest BCUT2D eigenvalue weighted by Crippen LogP contribution is 2.24. The monoisotopic (exact) mass is 455 g/mol. The number of aromatic nitrogens is 2. The van der Waals surface area contributed by atoms with Crippen LogP contribution in [0.1, 0.15) is 42.3 Å². The van der Waals surface area contributed by atoms with Gasteiger partial charge in [0.2, 0.25) is 5.91 Å². The Labute approximate surface area is 180 Å². The molecule has 1 amide bonds. The van der Waals surface area contributed by atoms with Crippen molar-refractivity contribution in [1.29, 1.82) is 0 Å². The molecule has 1 N–H and O–H groups in total. The highest BCUT2D eigenvalue weighted by molar-refractivity contribution is 9.10. The molecule has 0 bridgehead atoms. The molecule has 1 heterocycles. The van der Waals surface area contributed by atoms with Crippen molar-refractivity contribution in [3.63, 3.8) is 0 Å². The highest BCUT2D eigenvalue weighted by Gasteiger charge is 2.21. The molecular formula is C23H26BrN3O2. The first-order valence-corrected chi connectivity index (χ1v) is 10.5. The topological polar surface area (TPSA) is 56.1 Å². The number of methoxy groups -OCH3 is 1. The first-order valence-electron chi connectivity index (χ1n) is 9.72. The number of aryl methyl sites for hydroxylation is 2. The molecule has 0 saturated carbocycles. The van der Waals surface area contributed by atoms with Gasteiger partial charge in [0.25, 0.3) is 0 Å². The van der Waals surface area contributed by atoms with Crippen LogP contribution in [0.25, 0.3) is 0 Å². The van der Waals surface area contributed by atoms with E-state index in [0.717, 1.165) is 40.9 Å². The standard InChI is InChI=1S/C23H26BrN3O2/c1-27-15-14-25-23(27)22(18-7-5-8-20(16-18)29-2)26-21(28)9-4-3-6-17-10-12-19(24)13-11-17/h5,7-8,10-16,22H,3-4,6,9H2,1-2H3,(H,26,28). The van der Waals surface area contributed by atoms with Gasteiger partial charge in [0, 0.05) is 30.3 Å². The SMILES string of the molecule is COc1cccc(C(NC(=O)CCCCc2ccc(Br)cc2)c2nccn2C)c1. The Morgan fingerprint density at radius 3 is 2.69 bits per heavy atom. The number of ether oxygens (including phenoxy) is 1. The van der Waals surface area contributed by atoms with Crippen LogP contribution in [-0.2, 0) is 18.3 Å². The number of hydrogen-bond donors (Lipinski definition) is 1. The van der Waals surface area contributed by atoms with Crippen LogP contribution in [0, 0.1) is 0 Å². The molecule has 1 unspecified atom stereocenters. The minimum absolute atomic E-state index is 0.0247. The largest absolute Gasteiger partial charge is 0.497 e. The number of carbonyl (C=O) groups is 1. The van der Waals surface area contributed by atoms with Crippen molar-refractivity contribution in [2.75, 3.05) is 7.11 Å². The van der Waals surface area contributed by atoms with E-state index in [1.807, 2.05) is 54.2 Å². The van der Waals surface area contributed by atoms with Gasteiger partial charge in [-0.3, -0.25) is 4.79 Å². The van der Waals surface area contributed by atoms with E-state index in [4.69, 9.17) is 4.74 Å². The maximum absolute atomic E-state index is 12.7. The smallest absolute Gasteiger partial charge is 0.220 e. The lowest BCUT2D eigenvalue weighted by molar-refractivity contribution is -0.121. The number of amides is 1. The van der Waals surface area contributed by atoms with Crippen LogP contribution in [0.5, 0.6) is 5.75 Å². The van der Waals surface area contributed by atoms with E-state index in [1.165, 1.54) is 5.56 Å². The number of carbonyl (C=O) groups excluding carboxylic acids is 1. The van der Waals surface area contributed by atoms with Crippen LogP contribution in [-0.4, -0.2) is 22.6 Å². The first-order chi connectivity index (χ1) is 14.1. The van der Waals surface area contributed by atoms with Gasteiger partial charge in [-0.05, 0) is 54.7 Å². The van der Waals surface area contributed by atoms with Gasteiger partial charge in [0.05, 0.1) is 7.11 Å². The quantitative estimate of drug-likeness (QED) is 0.471. The molecule has 0 saturated heterocycles. The molecule has 3 aromatic rings. The van der Waals surface area contributed by atoms with Gasteiger partial charge in [-0.15, -0.1) is 0 Å². The molecule has 6 heteroatoms. The second-order valence-corrected chi connectivity index (χ2v) is 7.92. The Kier molecular flexibility index (Phi) is 7.47. The van der Waals surface area contributed by atoms with Crippen molar-refractivity contribution in [2.45, 2.75) is 31.7 Å². The molecule has 3 rings (SSSR count). The average molecular weight is 456 g/mol. The van der Waals surface area contributed by atoms with Gasteiger partial charge in [-0.25, -0.2) is 4.98 Å². The van der Waals surface area contributed by atoms with E-state index in [1.54, 1.807) is 13.3 Å². The summed E-state index contributed by atoms with van der Waals surface area (Å²) in [6.07, 6.45) is 6.90. The zero-order valence-electron chi connectivity index (χ0n) is 16.8. The van der Waals surface area contributed by atoms with Crippen LogP contribution in [0.2, 0.25) is 0 Å². The average Bonchev–Trinajstić information content (AvgIpc) is 3.16. The third-order valence-corrected chi connectivity index (χ3v) is 5.41. The van der Waals surface area contributed by atoms with Gasteiger partial charge < -0.3 is 14.6 Å². The first kappa shape index (κ1) is 21.1. The molecule has 2 aromatic carbocycles. The molecule has 1 aromatic heterocycles. The maximum Gasteiger partial charge on any atom is 0.220 e. The van der Waals surface area contributed by atoms with Crippen LogP contribution >= 0.6 is 15.9 Å². The minimum Gasteiger partial charge on any atom is -0.497 e. The third kappa shape index (κ3) is 5.94. The lowest BCUT2D eigenvalue weighted by Gasteiger charge is -2.20. The summed E-state index contributed by atoms with van der Waals surface area (Å²) in [7, 11) is 3.57. The normalized spacial score (nSPS) is 11.8. The van der Waals surface area contributed by atoms with Crippen molar-refractivity contribution in [2.24, 2.45) is 7.05 Å². The Morgan fingerprint density at radius 2 is 2.00 bits per heavy atom. The van der Waals surface area contributed by atoms with E-state index in [0.29, 0.717) is 6.42 Å². The van der Waals surface area contributed by atoms with Crippen molar-refractivity contribution in [1.82, 2.24) is 14.9 Å². The lowest BCUT2D eigenvalue weighted by atomic mass is 10.0. The van der Waals surface area contributed by atoms with Crippen molar-refractivity contribution in [3.05, 3.63) is 82.3 Å². The van der Waals surface area contributed by atoms with Gasteiger partial charge in [-0.1, -0.05) is 40.2 Å². The number of unbranched alkanes of at least 4 members (excludes halogenated alkanes) is 1. The zero-order chi connectivity index (χ0) is 20.6. The molecule has 152 valence electrons. The number of imidazole rings is 1. The summed E-state index contributed by atoms with van der Waals surface area (Å²) in [6.45, 7) is 0. The fourth-order valence-electron chi connectivity index (χ4n) is 3.27. The summed E-state index contributed by atoms with van der Waals surface area (Å²) < 4.78 is 8.35. The summed E-state index contributed by atoms with van der Waals surface area (Å²) in [4.78, 5) is 17.1. The Morgan fingerprint density at radius 1 is 1.21 bits per heavy atom. The third-order valence-electron chi connectivity index (χ3n) is 4.88. The molecule has 0 aliphatic heterocycles. The molecule has 0 aliphatic rings. The number of hydrogen-bond acceptors (Lipinski definition) is 3. The van der Waals surface area contributed by atoms with Crippen LogP contribution in [0.15, 0.2) is 65.4 Å². The molecule has 0 aliphatic carbocycles. The molecule has 0 spiro atoms. The predicted octanol–water partition coefficient (Wildman–Crippen LogP) is 4.81. The summed E-state index contributed by atoms with van der Waals surface area (Å²) in [5, 5.41) is 3.15. The van der Waals surface area contributed by atoms with Crippen molar-refractivity contribution in [3.8, 4) is 5.75 Å². The van der Waals surface area contributed by atoms with Crippen LogP contribution in [0.3, 0.4) is 0 Å². The number of nitrogens with zero attached hydrogens (tertiary/aromatic N) is 2. The number of halogens is 1. The molecule has 29 heavy (non-hydrogen) atoms. The van der Waals surface area contributed by atoms with Crippen LogP contribution in [0.4, 0.5) is 0 Å². The van der Waals surface area contributed by atoms with Gasteiger partial charge >= 0.3 is 0 Å². The molecule has 1 atom stereocenters. The fourth-order valence-corrected chi connectivity index (χ4v) is 3.54. The van der Waals surface area contributed by atoms with E-state index < -0.39 is 0 Å². The Hall–Kier alpha value is -2.60. The molecular weight excluding hydrogens is 430 g/mol. The van der Waals surface area contributed by atoms with Gasteiger partial charge in [0.15, 0.2) is 0 Å². The summed E-state index contributed by atoms with van der Waals surface area (Å²) in [5.74, 6) is 1.57. The maximum atomic E-state index is 12.7. The van der Waals surface area contributed by atoms with E-state index >= 15 is 0 Å². The van der Waals surface area contributed by atoms with Crippen LogP contribution < -0.4 is 10.1 Å². The molecule has 0 radical (unpaired) electrons. The van der Waals surface area contributed by atoms with E-state index in [2.05, 4.69) is 38.4 Å². The van der Waals surface area contributed by atoms with Crippen molar-refractivity contribution < 1.29 is 9.53 Å².